The van der Waals surface area contributed by atoms with Gasteiger partial charge in [0.15, 0.2) is 5.76 Å². The van der Waals surface area contributed by atoms with E-state index in [9.17, 15) is 0 Å². The zero-order valence-electron chi connectivity index (χ0n) is 23.4. The monoisotopic (exact) mass is 526 g/mol. The van der Waals surface area contributed by atoms with E-state index in [-0.39, 0.29) is 6.04 Å². The first-order chi connectivity index (χ1) is 19.2. The molecule has 0 aromatic heterocycles. The van der Waals surface area contributed by atoms with Gasteiger partial charge in [-0.1, -0.05) is 74.5 Å². The first-order valence-corrected chi connectivity index (χ1v) is 14.4. The molecule has 0 amide bonds. The summed E-state index contributed by atoms with van der Waals surface area (Å²) >= 11 is 0. The van der Waals surface area contributed by atoms with E-state index in [0.29, 0.717) is 25.4 Å². The second-order valence-corrected chi connectivity index (χ2v) is 11.1. The largest absolute Gasteiger partial charge is 0.489 e. The van der Waals surface area contributed by atoms with Crippen molar-refractivity contribution in [1.29, 1.82) is 0 Å². The third-order valence-electron chi connectivity index (χ3n) is 7.77. The normalized spacial score (nSPS) is 18.2. The van der Waals surface area contributed by atoms with E-state index >= 15 is 0 Å². The van der Waals surface area contributed by atoms with Crippen molar-refractivity contribution in [3.63, 3.8) is 0 Å². The highest BCUT2D eigenvalue weighted by atomic mass is 16.7. The molecule has 1 saturated heterocycles. The maximum absolute atomic E-state index is 6.07. The van der Waals surface area contributed by atoms with Gasteiger partial charge in [-0.2, -0.15) is 0 Å². The topological polar surface area (TPSA) is 34.2 Å². The van der Waals surface area contributed by atoms with Crippen LogP contribution in [0.25, 0.3) is 0 Å². The minimum atomic E-state index is 0.179. The van der Waals surface area contributed by atoms with Crippen LogP contribution in [-0.2, 0) is 22.5 Å². The van der Waals surface area contributed by atoms with Crippen LogP contribution in [0.4, 0.5) is 5.69 Å². The molecule has 0 radical (unpaired) electrons. The highest BCUT2D eigenvalue weighted by Gasteiger charge is 2.33. The van der Waals surface area contributed by atoms with E-state index in [4.69, 9.17) is 14.2 Å². The molecule has 3 aromatic rings. The average molecular weight is 527 g/mol. The van der Waals surface area contributed by atoms with Gasteiger partial charge in [0.2, 0.25) is 6.79 Å². The van der Waals surface area contributed by atoms with Crippen LogP contribution >= 0.6 is 0 Å². The SMILES string of the molecule is CC(C)CCN(c1ccc(OCc2ccccc2)cc1)C1CCCN(C(Cc2ccccc2)C2=COCO2)C1. The number of hydrogen-bond acceptors (Lipinski definition) is 5. The van der Waals surface area contributed by atoms with E-state index in [1.54, 1.807) is 0 Å². The van der Waals surface area contributed by atoms with Gasteiger partial charge in [-0.3, -0.25) is 4.90 Å². The van der Waals surface area contributed by atoms with E-state index in [0.717, 1.165) is 44.0 Å². The molecule has 2 aliphatic rings. The molecule has 5 rings (SSSR count). The van der Waals surface area contributed by atoms with Gasteiger partial charge in [-0.15, -0.1) is 0 Å². The van der Waals surface area contributed by atoms with E-state index in [2.05, 4.69) is 103 Å². The number of rotatable bonds is 12. The average Bonchev–Trinajstić information content (AvgIpc) is 3.51. The smallest absolute Gasteiger partial charge is 0.229 e. The Morgan fingerprint density at radius 2 is 1.64 bits per heavy atom. The summed E-state index contributed by atoms with van der Waals surface area (Å²) in [4.78, 5) is 5.24. The Kier molecular flexibility index (Phi) is 9.44. The molecule has 1 fully saturated rings. The lowest BCUT2D eigenvalue weighted by Gasteiger charge is -2.43. The molecule has 0 bridgehead atoms. The van der Waals surface area contributed by atoms with E-state index < -0.39 is 0 Å². The fourth-order valence-corrected chi connectivity index (χ4v) is 5.59. The molecule has 0 spiro atoms. The minimum absolute atomic E-state index is 0.179. The maximum atomic E-state index is 6.07. The fourth-order valence-electron chi connectivity index (χ4n) is 5.59. The van der Waals surface area contributed by atoms with Gasteiger partial charge in [-0.05, 0) is 73.5 Å². The number of nitrogens with zero attached hydrogens (tertiary/aromatic N) is 2. The second-order valence-electron chi connectivity index (χ2n) is 11.1. The molecular weight excluding hydrogens is 484 g/mol. The summed E-state index contributed by atoms with van der Waals surface area (Å²) in [6, 6.07) is 30.4. The molecule has 0 aliphatic carbocycles. The zero-order valence-corrected chi connectivity index (χ0v) is 23.4. The Bertz CT molecular complexity index is 1160. The van der Waals surface area contributed by atoms with Crippen LogP contribution in [0, 0.1) is 5.92 Å². The molecule has 3 aromatic carbocycles. The van der Waals surface area contributed by atoms with Crippen LogP contribution in [-0.4, -0.2) is 43.4 Å². The lowest BCUT2D eigenvalue weighted by atomic mass is 9.96. The van der Waals surface area contributed by atoms with Gasteiger partial charge in [0, 0.05) is 24.8 Å². The first-order valence-electron chi connectivity index (χ1n) is 14.4. The van der Waals surface area contributed by atoms with Gasteiger partial charge in [-0.25, -0.2) is 0 Å². The lowest BCUT2D eigenvalue weighted by molar-refractivity contribution is 0.0534. The van der Waals surface area contributed by atoms with Gasteiger partial charge >= 0.3 is 0 Å². The second kappa shape index (κ2) is 13.6. The summed E-state index contributed by atoms with van der Waals surface area (Å²) in [5, 5.41) is 0. The standard InChI is InChI=1S/C34H42N2O3/c1-27(2)19-21-36(30-15-17-32(18-16-30)38-24-29-12-7-4-8-13-29)31-14-9-20-35(23-31)33(34-25-37-26-39-34)22-28-10-5-3-6-11-28/h3-8,10-13,15-18,25,27,31,33H,9,14,19-24,26H2,1-2H3. The molecule has 5 heteroatoms. The first kappa shape index (κ1) is 27.1. The van der Waals surface area contributed by atoms with Gasteiger partial charge in [0.25, 0.3) is 0 Å². The minimum Gasteiger partial charge on any atom is -0.489 e. The summed E-state index contributed by atoms with van der Waals surface area (Å²) in [6.07, 6.45) is 6.26. The van der Waals surface area contributed by atoms with E-state index in [1.165, 1.54) is 29.7 Å². The van der Waals surface area contributed by atoms with E-state index in [1.807, 2.05) is 12.3 Å². The molecule has 0 N–H and O–H groups in total. The molecule has 39 heavy (non-hydrogen) atoms. The van der Waals surface area contributed by atoms with Crippen molar-refractivity contribution >= 4 is 5.69 Å². The number of piperidine rings is 1. The van der Waals surface area contributed by atoms with Crippen molar-refractivity contribution in [1.82, 2.24) is 4.90 Å². The molecular formula is C34H42N2O3. The number of hydrogen-bond donors (Lipinski definition) is 0. The van der Waals surface area contributed by atoms with Crippen LogP contribution < -0.4 is 9.64 Å². The van der Waals surface area contributed by atoms with Crippen LogP contribution in [0.2, 0.25) is 0 Å². The summed E-state index contributed by atoms with van der Waals surface area (Å²) in [7, 11) is 0. The number of benzene rings is 3. The molecule has 2 unspecified atom stereocenters. The zero-order chi connectivity index (χ0) is 26.9. The Morgan fingerprint density at radius 3 is 2.31 bits per heavy atom. The summed E-state index contributed by atoms with van der Waals surface area (Å²) in [5.41, 5.74) is 3.77. The molecule has 2 atom stereocenters. The Morgan fingerprint density at radius 1 is 0.923 bits per heavy atom. The van der Waals surface area contributed by atoms with Crippen LogP contribution in [0.3, 0.4) is 0 Å². The molecule has 5 nitrogen and oxygen atoms in total. The summed E-state index contributed by atoms with van der Waals surface area (Å²) < 4.78 is 17.5. The number of ether oxygens (including phenoxy) is 3. The third kappa shape index (κ3) is 7.57. The maximum Gasteiger partial charge on any atom is 0.229 e. The van der Waals surface area contributed by atoms with Crippen LogP contribution in [0.5, 0.6) is 5.75 Å². The number of likely N-dealkylation sites (tertiary alicyclic amines) is 1. The van der Waals surface area contributed by atoms with Gasteiger partial charge in [0.05, 0.1) is 6.04 Å². The summed E-state index contributed by atoms with van der Waals surface area (Å²) in [6.45, 7) is 8.64. The van der Waals surface area contributed by atoms with Crippen LogP contribution in [0.15, 0.2) is 97.0 Å². The Balaban J connectivity index is 1.30. The van der Waals surface area contributed by atoms with Crippen molar-refractivity contribution < 1.29 is 14.2 Å². The molecule has 206 valence electrons. The van der Waals surface area contributed by atoms with Crippen LogP contribution in [0.1, 0.15) is 44.2 Å². The predicted octanol–water partition coefficient (Wildman–Crippen LogP) is 7.04. The van der Waals surface area contributed by atoms with Crippen molar-refractivity contribution in [2.45, 2.75) is 58.2 Å². The van der Waals surface area contributed by atoms with Crippen molar-refractivity contribution in [3.05, 3.63) is 108 Å². The Hall–Kier alpha value is -3.44. The Labute approximate surface area is 234 Å². The lowest BCUT2D eigenvalue weighted by Crippen LogP contribution is -2.52. The highest BCUT2D eigenvalue weighted by molar-refractivity contribution is 5.50. The quantitative estimate of drug-likeness (QED) is 0.253. The van der Waals surface area contributed by atoms with Crippen molar-refractivity contribution in [3.8, 4) is 5.75 Å². The third-order valence-corrected chi connectivity index (χ3v) is 7.77. The van der Waals surface area contributed by atoms with Crippen molar-refractivity contribution in [2.75, 3.05) is 31.3 Å². The number of anilines is 1. The van der Waals surface area contributed by atoms with Gasteiger partial charge in [0.1, 0.15) is 18.6 Å². The molecule has 0 saturated carbocycles. The summed E-state index contributed by atoms with van der Waals surface area (Å²) in [5.74, 6) is 2.51. The highest BCUT2D eigenvalue weighted by Crippen LogP contribution is 2.30. The fraction of sp³-hybridized carbons (Fsp3) is 0.412. The molecule has 2 heterocycles. The predicted molar refractivity (Wildman–Crippen MR) is 158 cm³/mol. The molecule has 2 aliphatic heterocycles. The van der Waals surface area contributed by atoms with Crippen molar-refractivity contribution in [2.24, 2.45) is 5.92 Å². The van der Waals surface area contributed by atoms with Gasteiger partial charge < -0.3 is 19.1 Å².